The standard InChI is InChI=1S/C25H11BrF11N3O3/c26-15-6-12(23(31,24(32,33)34)25(35,36)37)7-18(43-22(29)30)19(15)40-20(41)10-1-2-11(9-38)17(5-10)39-21(42)14-4-3-13(27)8-16(14)28/h1-8,22H,(H,39,42)(H,40,41). The molecule has 43 heavy (non-hydrogen) atoms. The van der Waals surface area contributed by atoms with E-state index in [4.69, 9.17) is 0 Å². The quantitative estimate of drug-likeness (QED) is 0.246. The number of hydrogen-bond acceptors (Lipinski definition) is 4. The van der Waals surface area contributed by atoms with E-state index >= 15 is 0 Å². The minimum atomic E-state index is -6.60. The van der Waals surface area contributed by atoms with Crippen LogP contribution in [0.1, 0.15) is 31.8 Å². The van der Waals surface area contributed by atoms with E-state index in [9.17, 15) is 63.1 Å². The molecule has 0 saturated heterocycles. The van der Waals surface area contributed by atoms with Crippen molar-refractivity contribution in [3.8, 4) is 11.8 Å². The van der Waals surface area contributed by atoms with Crippen LogP contribution in [0.25, 0.3) is 0 Å². The Bertz CT molecular complexity index is 1600. The van der Waals surface area contributed by atoms with Crippen molar-refractivity contribution in [1.29, 1.82) is 5.26 Å². The minimum Gasteiger partial charge on any atom is -0.433 e. The number of rotatable bonds is 7. The summed E-state index contributed by atoms with van der Waals surface area (Å²) in [6.07, 6.45) is -13.2. The van der Waals surface area contributed by atoms with Crippen LogP contribution >= 0.6 is 15.9 Å². The number of carbonyl (C=O) groups excluding carboxylic acids is 2. The van der Waals surface area contributed by atoms with Crippen molar-refractivity contribution in [2.24, 2.45) is 0 Å². The van der Waals surface area contributed by atoms with Gasteiger partial charge in [-0.05, 0) is 58.4 Å². The molecule has 0 unspecified atom stereocenters. The lowest BCUT2D eigenvalue weighted by Gasteiger charge is -2.31. The highest BCUT2D eigenvalue weighted by atomic mass is 79.9. The molecule has 228 valence electrons. The third-order valence-electron chi connectivity index (χ3n) is 5.51. The van der Waals surface area contributed by atoms with Gasteiger partial charge in [-0.2, -0.15) is 40.4 Å². The van der Waals surface area contributed by atoms with Crippen LogP contribution in [-0.2, 0) is 5.67 Å². The number of anilines is 2. The zero-order valence-electron chi connectivity index (χ0n) is 20.4. The summed E-state index contributed by atoms with van der Waals surface area (Å²) >= 11 is 2.52. The van der Waals surface area contributed by atoms with Crippen molar-refractivity contribution in [3.63, 3.8) is 0 Å². The Kier molecular flexibility index (Phi) is 9.29. The maximum atomic E-state index is 14.6. The fourth-order valence-corrected chi connectivity index (χ4v) is 4.06. The van der Waals surface area contributed by atoms with Gasteiger partial charge in [-0.3, -0.25) is 9.59 Å². The van der Waals surface area contributed by atoms with Crippen molar-refractivity contribution in [1.82, 2.24) is 0 Å². The molecule has 0 atom stereocenters. The molecule has 0 aromatic heterocycles. The van der Waals surface area contributed by atoms with Crippen molar-refractivity contribution >= 4 is 39.1 Å². The Morgan fingerprint density at radius 3 is 2.02 bits per heavy atom. The first-order valence-corrected chi connectivity index (χ1v) is 11.8. The second-order valence-corrected chi connectivity index (χ2v) is 9.12. The van der Waals surface area contributed by atoms with Gasteiger partial charge in [-0.15, -0.1) is 0 Å². The third-order valence-corrected chi connectivity index (χ3v) is 6.14. The zero-order valence-corrected chi connectivity index (χ0v) is 22.0. The largest absolute Gasteiger partial charge is 0.435 e. The molecule has 0 radical (unpaired) electrons. The summed E-state index contributed by atoms with van der Waals surface area (Å²) < 4.78 is 150. The molecule has 0 heterocycles. The lowest BCUT2D eigenvalue weighted by Crippen LogP contribution is -2.50. The van der Waals surface area contributed by atoms with E-state index in [0.29, 0.717) is 6.07 Å². The average molecular weight is 690 g/mol. The van der Waals surface area contributed by atoms with Crippen LogP contribution in [0.3, 0.4) is 0 Å². The molecule has 2 N–H and O–H groups in total. The SMILES string of the molecule is N#Cc1ccc(C(=O)Nc2c(Br)cc(C(F)(C(F)(F)F)C(F)(F)F)cc2OC(F)F)cc1NC(=O)c1ccc(F)cc1F. The van der Waals surface area contributed by atoms with Gasteiger partial charge < -0.3 is 15.4 Å². The van der Waals surface area contributed by atoms with Crippen LogP contribution in [-0.4, -0.2) is 30.8 Å². The fourth-order valence-electron chi connectivity index (χ4n) is 3.51. The van der Waals surface area contributed by atoms with Crippen LogP contribution in [0.15, 0.2) is 53.0 Å². The highest BCUT2D eigenvalue weighted by Gasteiger charge is 2.73. The highest BCUT2D eigenvalue weighted by Crippen LogP contribution is 2.55. The minimum absolute atomic E-state index is 0.0589. The number of alkyl halides is 9. The van der Waals surface area contributed by atoms with Crippen molar-refractivity contribution in [3.05, 3.63) is 86.9 Å². The van der Waals surface area contributed by atoms with E-state index in [1.165, 1.54) is 0 Å². The number of nitrogens with one attached hydrogen (secondary N) is 2. The molecule has 18 heteroatoms. The number of ether oxygens (including phenoxy) is 1. The average Bonchev–Trinajstić information content (AvgIpc) is 2.88. The molecule has 0 aliphatic rings. The van der Waals surface area contributed by atoms with Crippen molar-refractivity contribution in [2.75, 3.05) is 10.6 Å². The maximum Gasteiger partial charge on any atom is 0.435 e. The zero-order chi connectivity index (χ0) is 32.5. The Labute approximate surface area is 241 Å². The van der Waals surface area contributed by atoms with Gasteiger partial charge in [0, 0.05) is 21.7 Å². The summed E-state index contributed by atoms with van der Waals surface area (Å²) in [7, 11) is 0. The number of nitrogens with zero attached hydrogens (tertiary/aromatic N) is 1. The Morgan fingerprint density at radius 2 is 1.49 bits per heavy atom. The monoisotopic (exact) mass is 689 g/mol. The van der Waals surface area contributed by atoms with E-state index in [2.05, 4.69) is 26.0 Å². The first-order valence-electron chi connectivity index (χ1n) is 11.0. The summed E-state index contributed by atoms with van der Waals surface area (Å²) in [5.74, 6) is -6.29. The van der Waals surface area contributed by atoms with Crippen LogP contribution in [0.5, 0.6) is 5.75 Å². The molecule has 0 spiro atoms. The Morgan fingerprint density at radius 1 is 0.860 bits per heavy atom. The second kappa shape index (κ2) is 12.1. The van der Waals surface area contributed by atoms with Gasteiger partial charge in [-0.1, -0.05) is 0 Å². The lowest BCUT2D eigenvalue weighted by molar-refractivity contribution is -0.348. The summed E-state index contributed by atoms with van der Waals surface area (Å²) in [6, 6.07) is 5.91. The molecule has 3 aromatic carbocycles. The van der Waals surface area contributed by atoms with Crippen LogP contribution in [0.4, 0.5) is 59.7 Å². The molecular weight excluding hydrogens is 679 g/mol. The summed E-state index contributed by atoms with van der Waals surface area (Å²) in [5, 5.41) is 13.3. The van der Waals surface area contributed by atoms with E-state index < -0.39 is 86.4 Å². The van der Waals surface area contributed by atoms with E-state index in [1.54, 1.807) is 6.07 Å². The molecule has 2 amide bonds. The fraction of sp³-hybridized carbons (Fsp3) is 0.160. The van der Waals surface area contributed by atoms with Gasteiger partial charge in [0.25, 0.3) is 11.8 Å². The summed E-state index contributed by atoms with van der Waals surface area (Å²) in [4.78, 5) is 25.4. The Balaban J connectivity index is 2.03. The third kappa shape index (κ3) is 6.82. The molecule has 3 rings (SSSR count). The number of carbonyl (C=O) groups is 2. The molecule has 0 fully saturated rings. The normalized spacial score (nSPS) is 12.1. The predicted octanol–water partition coefficient (Wildman–Crippen LogP) is 7.99. The molecule has 3 aromatic rings. The van der Waals surface area contributed by atoms with Gasteiger partial charge in [0.05, 0.1) is 22.5 Å². The van der Waals surface area contributed by atoms with Crippen LogP contribution in [0, 0.1) is 23.0 Å². The van der Waals surface area contributed by atoms with Gasteiger partial charge >= 0.3 is 24.6 Å². The molecule has 0 bridgehead atoms. The predicted molar refractivity (Wildman–Crippen MR) is 129 cm³/mol. The topological polar surface area (TPSA) is 91.2 Å². The summed E-state index contributed by atoms with van der Waals surface area (Å²) in [5.41, 5.74) is -11.1. The van der Waals surface area contributed by atoms with E-state index in [1.807, 2.05) is 5.32 Å². The number of nitriles is 1. The van der Waals surface area contributed by atoms with E-state index in [0.717, 1.165) is 30.3 Å². The van der Waals surface area contributed by atoms with Gasteiger partial charge in [0.1, 0.15) is 17.7 Å². The van der Waals surface area contributed by atoms with E-state index in [-0.39, 0.29) is 17.7 Å². The Hall–Kier alpha value is -4.40. The van der Waals surface area contributed by atoms with Gasteiger partial charge in [-0.25, -0.2) is 13.2 Å². The van der Waals surface area contributed by atoms with Gasteiger partial charge in [0.2, 0.25) is 0 Å². The van der Waals surface area contributed by atoms with Crippen molar-refractivity contribution < 1.29 is 62.6 Å². The van der Waals surface area contributed by atoms with Gasteiger partial charge in [0.15, 0.2) is 5.75 Å². The first-order chi connectivity index (χ1) is 19.8. The smallest absolute Gasteiger partial charge is 0.433 e. The first kappa shape index (κ1) is 33.1. The van der Waals surface area contributed by atoms with Crippen molar-refractivity contribution in [2.45, 2.75) is 24.6 Å². The van der Waals surface area contributed by atoms with Crippen LogP contribution < -0.4 is 15.4 Å². The summed E-state index contributed by atoms with van der Waals surface area (Å²) in [6.45, 7) is -3.87. The number of halogens is 12. The second-order valence-electron chi connectivity index (χ2n) is 8.27. The number of hydrogen-bond donors (Lipinski definition) is 2. The number of amides is 2. The molecular formula is C25H11BrF11N3O3. The number of benzene rings is 3. The molecule has 6 nitrogen and oxygen atoms in total. The molecule has 0 aliphatic heterocycles. The lowest BCUT2D eigenvalue weighted by atomic mass is 9.93. The maximum absolute atomic E-state index is 14.6. The molecule has 0 saturated carbocycles. The highest BCUT2D eigenvalue weighted by molar-refractivity contribution is 9.10. The molecule has 0 aliphatic carbocycles. The van der Waals surface area contributed by atoms with Crippen LogP contribution in [0.2, 0.25) is 0 Å².